The lowest BCUT2D eigenvalue weighted by molar-refractivity contribution is -0.155. The number of halogens is 1. The standard InChI is InChI=1S/C46H69BrO8/c1-5-9-13-15-21-29-50-32-37(54-43(48)25-17-11-7-3)34-52-45-39-23-19-20-24-40(39)46(42-31-36(47)27-28-41(42)45)53-35-38(55-44(49)26-18-12-8-4)33-51-30-22-16-14-10-6-2/h19-20,23-24,27-28,31,37-38H,5-18,21-22,25-26,29-30,32-35H2,1-4H3. The van der Waals surface area contributed by atoms with E-state index >= 15 is 0 Å². The van der Waals surface area contributed by atoms with Crippen LogP contribution in [-0.4, -0.2) is 63.8 Å². The molecule has 0 bridgehead atoms. The largest absolute Gasteiger partial charge is 0.488 e. The molecule has 0 N–H and O–H groups in total. The van der Waals surface area contributed by atoms with Crippen LogP contribution in [-0.2, 0) is 28.5 Å². The summed E-state index contributed by atoms with van der Waals surface area (Å²) in [4.78, 5) is 25.7. The molecule has 0 aliphatic carbocycles. The first-order chi connectivity index (χ1) is 26.9. The molecule has 3 rings (SSSR count). The number of esters is 2. The van der Waals surface area contributed by atoms with Gasteiger partial charge in [-0.3, -0.25) is 9.59 Å². The number of rotatable bonds is 32. The first-order valence-electron chi connectivity index (χ1n) is 21.4. The van der Waals surface area contributed by atoms with Crippen molar-refractivity contribution in [2.75, 3.05) is 39.6 Å². The molecular formula is C46H69BrO8. The van der Waals surface area contributed by atoms with Gasteiger partial charge in [0.25, 0.3) is 0 Å². The van der Waals surface area contributed by atoms with Gasteiger partial charge in [0.2, 0.25) is 0 Å². The molecule has 0 amide bonds. The summed E-state index contributed by atoms with van der Waals surface area (Å²) < 4.78 is 38.1. The molecule has 0 radical (unpaired) electrons. The van der Waals surface area contributed by atoms with E-state index in [-0.39, 0.29) is 38.4 Å². The van der Waals surface area contributed by atoms with Gasteiger partial charge in [-0.15, -0.1) is 0 Å². The third-order valence-corrected chi connectivity index (χ3v) is 10.2. The van der Waals surface area contributed by atoms with Crippen LogP contribution < -0.4 is 9.47 Å². The lowest BCUT2D eigenvalue weighted by atomic mass is 10.0. The van der Waals surface area contributed by atoms with Gasteiger partial charge in [0.05, 0.1) is 13.2 Å². The lowest BCUT2D eigenvalue weighted by Crippen LogP contribution is -2.30. The summed E-state index contributed by atoms with van der Waals surface area (Å²) in [6.07, 6.45) is 16.8. The molecule has 0 aliphatic heterocycles. The Hall–Kier alpha value is -2.88. The van der Waals surface area contributed by atoms with E-state index in [0.717, 1.165) is 90.2 Å². The van der Waals surface area contributed by atoms with Crippen molar-refractivity contribution in [3.8, 4) is 11.5 Å². The lowest BCUT2D eigenvalue weighted by Gasteiger charge is -2.23. The number of hydrogen-bond donors (Lipinski definition) is 0. The van der Waals surface area contributed by atoms with E-state index in [4.69, 9.17) is 28.4 Å². The molecule has 0 aliphatic rings. The zero-order valence-electron chi connectivity index (χ0n) is 34.3. The van der Waals surface area contributed by atoms with Crippen molar-refractivity contribution < 1.29 is 38.0 Å². The Bertz CT molecular complexity index is 1510. The van der Waals surface area contributed by atoms with Crippen LogP contribution in [0.3, 0.4) is 0 Å². The maximum absolute atomic E-state index is 12.9. The van der Waals surface area contributed by atoms with Gasteiger partial charge in [-0.1, -0.05) is 145 Å². The third kappa shape index (κ3) is 17.9. The maximum Gasteiger partial charge on any atom is 0.306 e. The molecule has 3 aromatic carbocycles. The quantitative estimate of drug-likeness (QED) is 0.0349. The van der Waals surface area contributed by atoms with Crippen LogP contribution in [0.25, 0.3) is 21.5 Å². The minimum absolute atomic E-state index is 0.146. The van der Waals surface area contributed by atoms with Gasteiger partial charge in [-0.25, -0.2) is 0 Å². The topological polar surface area (TPSA) is 89.5 Å². The predicted molar refractivity (Wildman–Crippen MR) is 227 cm³/mol. The molecule has 2 atom stereocenters. The van der Waals surface area contributed by atoms with E-state index in [9.17, 15) is 9.59 Å². The summed E-state index contributed by atoms with van der Waals surface area (Å²) in [5.41, 5.74) is 0. The fourth-order valence-corrected chi connectivity index (χ4v) is 6.90. The van der Waals surface area contributed by atoms with Crippen molar-refractivity contribution in [3.63, 3.8) is 0 Å². The molecule has 0 heterocycles. The zero-order valence-corrected chi connectivity index (χ0v) is 35.9. The first-order valence-corrected chi connectivity index (χ1v) is 22.1. The summed E-state index contributed by atoms with van der Waals surface area (Å²) in [6.45, 7) is 10.7. The summed E-state index contributed by atoms with van der Waals surface area (Å²) >= 11 is 3.67. The molecule has 0 fully saturated rings. The molecule has 0 saturated heterocycles. The molecule has 2 unspecified atom stereocenters. The Kier molecular flexibility index (Phi) is 24.1. The van der Waals surface area contributed by atoms with Gasteiger partial charge in [-0.2, -0.15) is 0 Å². The van der Waals surface area contributed by atoms with Crippen LogP contribution in [0.2, 0.25) is 0 Å². The molecule has 0 spiro atoms. The molecule has 9 heteroatoms. The summed E-state index contributed by atoms with van der Waals surface area (Å²) in [7, 11) is 0. The number of hydrogen-bond acceptors (Lipinski definition) is 8. The van der Waals surface area contributed by atoms with Crippen molar-refractivity contribution in [2.24, 2.45) is 0 Å². The van der Waals surface area contributed by atoms with Crippen LogP contribution in [0, 0.1) is 0 Å². The van der Waals surface area contributed by atoms with Crippen LogP contribution in [0.15, 0.2) is 46.9 Å². The van der Waals surface area contributed by atoms with Crippen molar-refractivity contribution in [2.45, 2.75) is 155 Å². The van der Waals surface area contributed by atoms with Crippen LogP contribution in [0.1, 0.15) is 143 Å². The summed E-state index contributed by atoms with van der Waals surface area (Å²) in [5, 5.41) is 3.45. The normalized spacial score (nSPS) is 12.5. The molecular weight excluding hydrogens is 760 g/mol. The molecule has 0 aromatic heterocycles. The number of unbranched alkanes of at least 4 members (excludes halogenated alkanes) is 12. The van der Waals surface area contributed by atoms with E-state index in [2.05, 4.69) is 43.6 Å². The maximum atomic E-state index is 12.9. The van der Waals surface area contributed by atoms with Gasteiger partial charge in [0.15, 0.2) is 12.2 Å². The number of carbonyl (C=O) groups is 2. The Labute approximate surface area is 339 Å². The average Bonchev–Trinajstić information content (AvgIpc) is 3.18. The SMILES string of the molecule is CCCCCCCOCC(COc1c2ccccc2c(OCC(COCCCCCCC)OC(=O)CCCCC)c2cc(Br)ccc12)OC(=O)CCCCC. The second-order valence-corrected chi connectivity index (χ2v) is 15.5. The van der Waals surface area contributed by atoms with Crippen LogP contribution >= 0.6 is 15.9 Å². The Morgan fingerprint density at radius 3 is 1.40 bits per heavy atom. The number of ether oxygens (including phenoxy) is 6. The van der Waals surface area contributed by atoms with E-state index in [0.29, 0.717) is 37.6 Å². The second-order valence-electron chi connectivity index (χ2n) is 14.6. The first kappa shape index (κ1) is 46.5. The van der Waals surface area contributed by atoms with Gasteiger partial charge in [0.1, 0.15) is 24.7 Å². The fourth-order valence-electron chi connectivity index (χ4n) is 6.54. The van der Waals surface area contributed by atoms with E-state index in [1.807, 2.05) is 42.5 Å². The highest BCUT2D eigenvalue weighted by Gasteiger charge is 2.23. The zero-order chi connectivity index (χ0) is 39.5. The number of carbonyl (C=O) groups excluding carboxylic acids is 2. The Balaban J connectivity index is 1.84. The van der Waals surface area contributed by atoms with Crippen LogP contribution in [0.5, 0.6) is 11.5 Å². The highest BCUT2D eigenvalue weighted by atomic mass is 79.9. The van der Waals surface area contributed by atoms with Crippen molar-refractivity contribution >= 4 is 49.4 Å². The molecule has 308 valence electrons. The molecule has 3 aromatic rings. The monoisotopic (exact) mass is 828 g/mol. The molecule has 0 saturated carbocycles. The van der Waals surface area contributed by atoms with Gasteiger partial charge < -0.3 is 28.4 Å². The smallest absolute Gasteiger partial charge is 0.306 e. The molecule has 55 heavy (non-hydrogen) atoms. The van der Waals surface area contributed by atoms with Crippen molar-refractivity contribution in [1.29, 1.82) is 0 Å². The predicted octanol–water partition coefficient (Wildman–Crippen LogP) is 12.5. The second kappa shape index (κ2) is 28.5. The van der Waals surface area contributed by atoms with Crippen molar-refractivity contribution in [3.05, 3.63) is 46.9 Å². The minimum atomic E-state index is -0.555. The third-order valence-electron chi connectivity index (χ3n) is 9.67. The molecule has 8 nitrogen and oxygen atoms in total. The minimum Gasteiger partial charge on any atom is -0.488 e. The highest BCUT2D eigenvalue weighted by molar-refractivity contribution is 9.10. The van der Waals surface area contributed by atoms with E-state index < -0.39 is 12.2 Å². The van der Waals surface area contributed by atoms with Gasteiger partial charge >= 0.3 is 11.9 Å². The Morgan fingerprint density at radius 2 is 0.927 bits per heavy atom. The highest BCUT2D eigenvalue weighted by Crippen LogP contribution is 2.44. The number of benzene rings is 3. The van der Waals surface area contributed by atoms with Crippen molar-refractivity contribution in [1.82, 2.24) is 0 Å². The van der Waals surface area contributed by atoms with Gasteiger partial charge in [-0.05, 0) is 43.9 Å². The summed E-state index contributed by atoms with van der Waals surface area (Å²) in [5.74, 6) is 0.909. The van der Waals surface area contributed by atoms with Crippen LogP contribution in [0.4, 0.5) is 0 Å². The average molecular weight is 830 g/mol. The Morgan fingerprint density at radius 1 is 0.509 bits per heavy atom. The van der Waals surface area contributed by atoms with E-state index in [1.54, 1.807) is 0 Å². The number of fused-ring (bicyclic) bond motifs is 2. The van der Waals surface area contributed by atoms with E-state index in [1.165, 1.54) is 38.5 Å². The van der Waals surface area contributed by atoms with Gasteiger partial charge in [0, 0.05) is 52.1 Å². The summed E-state index contributed by atoms with van der Waals surface area (Å²) in [6, 6.07) is 14.0. The fraction of sp³-hybridized carbons (Fsp3) is 0.652.